The van der Waals surface area contributed by atoms with Gasteiger partial charge in [0.25, 0.3) is 5.82 Å². The number of rotatable bonds is 9. The quantitative estimate of drug-likeness (QED) is 0.0625. The highest BCUT2D eigenvalue weighted by atomic mass is 127. The van der Waals surface area contributed by atoms with Crippen LogP contribution in [-0.4, -0.2) is 21.1 Å². The molecule has 0 bridgehead atoms. The molecule has 1 aliphatic heterocycles. The number of thiazole rings is 2. The lowest BCUT2D eigenvalue weighted by atomic mass is 10.1. The lowest BCUT2D eigenvalue weighted by Gasteiger charge is -2.24. The largest absolute Gasteiger partial charge is 1.00 e. The first-order valence-corrected chi connectivity index (χ1v) is 21.4. The van der Waals surface area contributed by atoms with Crippen molar-refractivity contribution in [1.82, 2.24) is 14.5 Å². The second kappa shape index (κ2) is 16.7. The van der Waals surface area contributed by atoms with Gasteiger partial charge in [-0.15, -0.1) is 22.7 Å². The van der Waals surface area contributed by atoms with Crippen LogP contribution < -0.4 is 38.3 Å². The number of benzene rings is 6. The molecular formula is C50H38IN7S2. The maximum atomic E-state index is 10.6. The molecule has 7 nitrogen and oxygen atoms in total. The van der Waals surface area contributed by atoms with Crippen molar-refractivity contribution in [1.29, 1.82) is 5.26 Å². The molecule has 60 heavy (non-hydrogen) atoms. The summed E-state index contributed by atoms with van der Waals surface area (Å²) < 4.78 is 6.94. The fourth-order valence-electron chi connectivity index (χ4n) is 8.00. The Kier molecular flexibility index (Phi) is 10.9. The SMILES string of the molecule is CCN1/C(=C/C=C(C#N)/C=C/c2n(-c3ccccc3)c3ccc(-c4nc5ccccc5s4)cc3[n+]2CC)N(c2ccccc2)c2ccc(-c3nc4ccccc4s3)cc21.[I-]. The minimum atomic E-state index is 0. The van der Waals surface area contributed by atoms with Gasteiger partial charge in [0.05, 0.1) is 50.0 Å². The molecule has 0 amide bonds. The van der Waals surface area contributed by atoms with Crippen LogP contribution in [0, 0.1) is 11.3 Å². The van der Waals surface area contributed by atoms with Crippen molar-refractivity contribution < 1.29 is 28.5 Å². The van der Waals surface area contributed by atoms with Crippen LogP contribution in [0.25, 0.3) is 64.4 Å². The Hall–Kier alpha value is -6.39. The van der Waals surface area contributed by atoms with Crippen molar-refractivity contribution >= 4 is 77.3 Å². The van der Waals surface area contributed by atoms with E-state index in [0.29, 0.717) is 5.57 Å². The van der Waals surface area contributed by atoms with Crippen molar-refractivity contribution in [3.05, 3.63) is 181 Å². The van der Waals surface area contributed by atoms with E-state index < -0.39 is 0 Å². The van der Waals surface area contributed by atoms with Crippen LogP contribution in [0.1, 0.15) is 19.7 Å². The van der Waals surface area contributed by atoms with Gasteiger partial charge >= 0.3 is 0 Å². The van der Waals surface area contributed by atoms with E-state index >= 15 is 0 Å². The summed E-state index contributed by atoms with van der Waals surface area (Å²) >= 11 is 3.42. The molecule has 10 heteroatoms. The number of allylic oxidation sites excluding steroid dienone is 4. The van der Waals surface area contributed by atoms with E-state index in [-0.39, 0.29) is 24.0 Å². The van der Waals surface area contributed by atoms with Gasteiger partial charge in [-0.1, -0.05) is 60.7 Å². The molecule has 0 fully saturated rings. The first-order chi connectivity index (χ1) is 29.1. The normalized spacial score (nSPS) is 13.5. The number of imidazole rings is 1. The van der Waals surface area contributed by atoms with Crippen molar-refractivity contribution in [3.63, 3.8) is 0 Å². The first kappa shape index (κ1) is 39.1. The number of nitriles is 1. The maximum absolute atomic E-state index is 10.6. The molecule has 0 saturated carbocycles. The summed E-state index contributed by atoms with van der Waals surface area (Å²) in [4.78, 5) is 14.5. The summed E-state index contributed by atoms with van der Waals surface area (Å²) in [6, 6.07) is 53.1. The van der Waals surface area contributed by atoms with Gasteiger partial charge in [0, 0.05) is 29.4 Å². The molecule has 3 aromatic heterocycles. The van der Waals surface area contributed by atoms with E-state index in [2.05, 4.69) is 172 Å². The second-order valence-electron chi connectivity index (χ2n) is 14.2. The molecule has 6 aromatic carbocycles. The van der Waals surface area contributed by atoms with Gasteiger partial charge < -0.3 is 28.9 Å². The van der Waals surface area contributed by atoms with Crippen molar-refractivity contribution in [2.45, 2.75) is 20.4 Å². The van der Waals surface area contributed by atoms with E-state index in [1.165, 1.54) is 9.40 Å². The number of fused-ring (bicyclic) bond motifs is 4. The Morgan fingerprint density at radius 3 is 1.92 bits per heavy atom. The number of aryl methyl sites for hydroxylation is 1. The first-order valence-electron chi connectivity index (χ1n) is 19.7. The highest BCUT2D eigenvalue weighted by Gasteiger charge is 2.32. The zero-order valence-electron chi connectivity index (χ0n) is 32.9. The summed E-state index contributed by atoms with van der Waals surface area (Å²) in [6.45, 7) is 5.81. The fraction of sp³-hybridized carbons (Fsp3) is 0.0800. The molecule has 0 radical (unpaired) electrons. The van der Waals surface area contributed by atoms with Crippen LogP contribution in [0.4, 0.5) is 17.1 Å². The Bertz CT molecular complexity index is 3100. The molecule has 1 aliphatic rings. The molecule has 10 rings (SSSR count). The number of anilines is 3. The van der Waals surface area contributed by atoms with Gasteiger partial charge in [0.1, 0.15) is 21.5 Å². The molecule has 0 spiro atoms. The van der Waals surface area contributed by atoms with Crippen LogP contribution >= 0.6 is 22.7 Å². The van der Waals surface area contributed by atoms with Crippen molar-refractivity contribution in [2.75, 3.05) is 16.3 Å². The van der Waals surface area contributed by atoms with E-state index in [1.807, 2.05) is 36.4 Å². The van der Waals surface area contributed by atoms with Crippen LogP contribution in [0.15, 0.2) is 175 Å². The van der Waals surface area contributed by atoms with Crippen LogP contribution in [0.5, 0.6) is 0 Å². The molecule has 4 heterocycles. The lowest BCUT2D eigenvalue weighted by molar-refractivity contribution is -0.670. The van der Waals surface area contributed by atoms with Gasteiger partial charge in [-0.05, 0) is 117 Å². The molecule has 0 N–H and O–H groups in total. The standard InChI is InChI=1S/C50H38N7S2.HI/c1-3-54-43-31-35(49-52-39-19-11-13-21-45(39)58-49)25-27-41(43)56(37-15-7-5-8-16-37)47(54)29-23-34(33-51)24-30-48-55(4-2)44-32-36(50-53-40-20-12-14-22-46(40)59-50)26-28-42(44)57(48)38-17-9-6-10-18-38;/h5-32H,3-4H2,1-2H3;1H/q+1;/p-1. The van der Waals surface area contributed by atoms with Crippen molar-refractivity contribution in [3.8, 4) is 32.9 Å². The number of hydrogen-bond acceptors (Lipinski definition) is 7. The van der Waals surface area contributed by atoms with Crippen LogP contribution in [0.3, 0.4) is 0 Å². The molecule has 0 atom stereocenters. The third kappa shape index (κ3) is 6.98. The highest BCUT2D eigenvalue weighted by Crippen LogP contribution is 2.48. The Balaban J connectivity index is 0.00000462. The minimum absolute atomic E-state index is 0. The summed E-state index contributed by atoms with van der Waals surface area (Å²) in [5, 5.41) is 12.6. The van der Waals surface area contributed by atoms with Crippen molar-refractivity contribution in [2.24, 2.45) is 0 Å². The third-order valence-corrected chi connectivity index (χ3v) is 12.9. The Labute approximate surface area is 373 Å². The van der Waals surface area contributed by atoms with Gasteiger partial charge in [0.15, 0.2) is 11.0 Å². The number of hydrogen-bond donors (Lipinski definition) is 0. The summed E-state index contributed by atoms with van der Waals surface area (Å²) in [7, 11) is 0. The monoisotopic (exact) mass is 927 g/mol. The van der Waals surface area contributed by atoms with E-state index in [4.69, 9.17) is 9.97 Å². The zero-order valence-corrected chi connectivity index (χ0v) is 36.7. The molecule has 292 valence electrons. The van der Waals surface area contributed by atoms with Gasteiger partial charge in [-0.25, -0.2) is 14.5 Å². The lowest BCUT2D eigenvalue weighted by Crippen LogP contribution is -3.00. The van der Waals surface area contributed by atoms with Crippen LogP contribution in [0.2, 0.25) is 0 Å². The summed E-state index contributed by atoms with van der Waals surface area (Å²) in [6.07, 6.45) is 8.01. The highest BCUT2D eigenvalue weighted by molar-refractivity contribution is 7.22. The van der Waals surface area contributed by atoms with E-state index in [0.717, 1.165) is 90.7 Å². The topological polar surface area (TPSA) is 64.9 Å². The second-order valence-corrected chi connectivity index (χ2v) is 16.2. The predicted octanol–water partition coefficient (Wildman–Crippen LogP) is 9.48. The Morgan fingerprint density at radius 2 is 1.30 bits per heavy atom. The Morgan fingerprint density at radius 1 is 0.700 bits per heavy atom. The average Bonchev–Trinajstić information content (AvgIpc) is 4.07. The van der Waals surface area contributed by atoms with E-state index in [9.17, 15) is 5.26 Å². The number of para-hydroxylation sites is 4. The molecule has 9 aromatic rings. The predicted molar refractivity (Wildman–Crippen MR) is 245 cm³/mol. The van der Waals surface area contributed by atoms with Gasteiger partial charge in [0.2, 0.25) is 0 Å². The third-order valence-electron chi connectivity index (χ3n) is 10.7. The van der Waals surface area contributed by atoms with Gasteiger partial charge in [-0.3, -0.25) is 4.90 Å². The average molecular weight is 928 g/mol. The minimum Gasteiger partial charge on any atom is -1.00 e. The van der Waals surface area contributed by atoms with Gasteiger partial charge in [-0.2, -0.15) is 9.83 Å². The molecule has 0 aliphatic carbocycles. The summed E-state index contributed by atoms with van der Waals surface area (Å²) in [5.41, 5.74) is 11.2. The number of halogens is 1. The maximum Gasteiger partial charge on any atom is 0.287 e. The smallest absolute Gasteiger partial charge is 0.287 e. The molecular weight excluding hydrogens is 890 g/mol. The zero-order chi connectivity index (χ0) is 39.9. The summed E-state index contributed by atoms with van der Waals surface area (Å²) in [5.74, 6) is 1.95. The number of nitrogens with zero attached hydrogens (tertiary/aromatic N) is 7. The number of aromatic nitrogens is 4. The van der Waals surface area contributed by atoms with Crippen LogP contribution in [-0.2, 0) is 6.54 Å². The van der Waals surface area contributed by atoms with E-state index in [1.54, 1.807) is 22.7 Å². The molecule has 0 saturated heterocycles. The molecule has 0 unspecified atom stereocenters. The fourth-order valence-corrected chi connectivity index (χ4v) is 9.92.